The SMILES string of the molecule is COCc1cc(C(=O)N(C)C)cc(-c2ccc(C)cc2)c1. The number of methoxy groups -OCH3 is 1. The molecule has 0 aliphatic rings. The molecule has 2 aromatic rings. The molecular weight excluding hydrogens is 262 g/mol. The van der Waals surface area contributed by atoms with Crippen LogP contribution in [0.15, 0.2) is 42.5 Å². The maximum atomic E-state index is 12.2. The van der Waals surface area contributed by atoms with Gasteiger partial charge in [0.05, 0.1) is 6.61 Å². The first-order valence-corrected chi connectivity index (χ1v) is 6.93. The van der Waals surface area contributed by atoms with Crippen molar-refractivity contribution in [3.05, 3.63) is 59.2 Å². The van der Waals surface area contributed by atoms with Gasteiger partial charge in [-0.05, 0) is 41.8 Å². The van der Waals surface area contributed by atoms with E-state index in [1.165, 1.54) is 5.56 Å². The van der Waals surface area contributed by atoms with Crippen LogP contribution in [-0.4, -0.2) is 32.0 Å². The van der Waals surface area contributed by atoms with Crippen molar-refractivity contribution >= 4 is 5.91 Å². The van der Waals surface area contributed by atoms with Crippen molar-refractivity contribution in [1.29, 1.82) is 0 Å². The molecule has 0 fully saturated rings. The summed E-state index contributed by atoms with van der Waals surface area (Å²) in [7, 11) is 5.18. The summed E-state index contributed by atoms with van der Waals surface area (Å²) >= 11 is 0. The fraction of sp³-hybridized carbons (Fsp3) is 0.278. The summed E-state index contributed by atoms with van der Waals surface area (Å²) in [6, 6.07) is 14.2. The third-order valence-corrected chi connectivity index (χ3v) is 3.34. The van der Waals surface area contributed by atoms with Gasteiger partial charge in [0.25, 0.3) is 5.91 Å². The van der Waals surface area contributed by atoms with Crippen molar-refractivity contribution in [2.75, 3.05) is 21.2 Å². The second-order valence-corrected chi connectivity index (χ2v) is 5.42. The van der Waals surface area contributed by atoms with Crippen molar-refractivity contribution in [1.82, 2.24) is 4.90 Å². The van der Waals surface area contributed by atoms with Crippen molar-refractivity contribution in [2.24, 2.45) is 0 Å². The molecule has 0 heterocycles. The summed E-state index contributed by atoms with van der Waals surface area (Å²) in [6.45, 7) is 2.56. The first kappa shape index (κ1) is 15.3. The minimum absolute atomic E-state index is 0.00122. The van der Waals surface area contributed by atoms with Crippen LogP contribution < -0.4 is 0 Å². The molecule has 1 amide bonds. The number of nitrogens with zero attached hydrogens (tertiary/aromatic N) is 1. The van der Waals surface area contributed by atoms with Crippen LogP contribution in [-0.2, 0) is 11.3 Å². The Balaban J connectivity index is 2.49. The Bertz CT molecular complexity index is 630. The highest BCUT2D eigenvalue weighted by Crippen LogP contribution is 2.24. The summed E-state index contributed by atoms with van der Waals surface area (Å²) < 4.78 is 5.21. The minimum atomic E-state index is 0.00122. The van der Waals surface area contributed by atoms with Crippen molar-refractivity contribution < 1.29 is 9.53 Å². The standard InChI is InChI=1S/C18H21NO2/c1-13-5-7-15(8-6-13)16-9-14(12-21-4)10-17(11-16)18(20)19(2)3/h5-11H,12H2,1-4H3. The van der Waals surface area contributed by atoms with Gasteiger partial charge in [-0.1, -0.05) is 29.8 Å². The lowest BCUT2D eigenvalue weighted by Gasteiger charge is -2.13. The lowest BCUT2D eigenvalue weighted by molar-refractivity contribution is 0.0827. The van der Waals surface area contributed by atoms with Crippen LogP contribution in [0.1, 0.15) is 21.5 Å². The van der Waals surface area contributed by atoms with E-state index in [0.29, 0.717) is 12.2 Å². The van der Waals surface area contributed by atoms with Gasteiger partial charge >= 0.3 is 0 Å². The van der Waals surface area contributed by atoms with Gasteiger partial charge in [0, 0.05) is 26.8 Å². The van der Waals surface area contributed by atoms with E-state index in [1.807, 2.05) is 12.1 Å². The topological polar surface area (TPSA) is 29.5 Å². The first-order valence-electron chi connectivity index (χ1n) is 6.93. The number of ether oxygens (including phenoxy) is 1. The van der Waals surface area contributed by atoms with E-state index < -0.39 is 0 Å². The van der Waals surface area contributed by atoms with E-state index in [-0.39, 0.29) is 5.91 Å². The van der Waals surface area contributed by atoms with Crippen molar-refractivity contribution in [3.63, 3.8) is 0 Å². The Morgan fingerprint density at radius 2 is 1.71 bits per heavy atom. The zero-order valence-corrected chi connectivity index (χ0v) is 13.0. The lowest BCUT2D eigenvalue weighted by Crippen LogP contribution is -2.21. The maximum absolute atomic E-state index is 12.2. The molecule has 0 radical (unpaired) electrons. The fourth-order valence-electron chi connectivity index (χ4n) is 2.24. The van der Waals surface area contributed by atoms with Crippen LogP contribution in [0.25, 0.3) is 11.1 Å². The van der Waals surface area contributed by atoms with E-state index in [9.17, 15) is 4.79 Å². The average molecular weight is 283 g/mol. The average Bonchev–Trinajstić information content (AvgIpc) is 2.47. The van der Waals surface area contributed by atoms with Crippen LogP contribution in [0.4, 0.5) is 0 Å². The number of carbonyl (C=O) groups is 1. The molecule has 0 aliphatic heterocycles. The lowest BCUT2D eigenvalue weighted by atomic mass is 9.98. The van der Waals surface area contributed by atoms with E-state index >= 15 is 0 Å². The Morgan fingerprint density at radius 3 is 2.29 bits per heavy atom. The molecule has 0 atom stereocenters. The largest absolute Gasteiger partial charge is 0.380 e. The summed E-state index contributed by atoms with van der Waals surface area (Å²) in [6.07, 6.45) is 0. The van der Waals surface area contributed by atoms with Gasteiger partial charge in [0.2, 0.25) is 0 Å². The molecule has 0 saturated heterocycles. The molecule has 21 heavy (non-hydrogen) atoms. The Kier molecular flexibility index (Phi) is 4.76. The quantitative estimate of drug-likeness (QED) is 0.859. The number of hydrogen-bond acceptors (Lipinski definition) is 2. The predicted octanol–water partition coefficient (Wildman–Crippen LogP) is 3.51. The Morgan fingerprint density at radius 1 is 1.05 bits per heavy atom. The fourth-order valence-corrected chi connectivity index (χ4v) is 2.24. The normalized spacial score (nSPS) is 10.5. The second-order valence-electron chi connectivity index (χ2n) is 5.42. The minimum Gasteiger partial charge on any atom is -0.380 e. The van der Waals surface area contributed by atoms with Crippen LogP contribution in [0.3, 0.4) is 0 Å². The van der Waals surface area contributed by atoms with Crippen molar-refractivity contribution in [3.8, 4) is 11.1 Å². The third-order valence-electron chi connectivity index (χ3n) is 3.34. The number of carbonyl (C=O) groups excluding carboxylic acids is 1. The summed E-state index contributed by atoms with van der Waals surface area (Å²) in [5, 5.41) is 0. The highest BCUT2D eigenvalue weighted by molar-refractivity contribution is 5.95. The summed E-state index contributed by atoms with van der Waals surface area (Å²) in [4.78, 5) is 13.8. The highest BCUT2D eigenvalue weighted by Gasteiger charge is 2.11. The molecule has 110 valence electrons. The van der Waals surface area contributed by atoms with E-state index in [0.717, 1.165) is 16.7 Å². The number of rotatable bonds is 4. The monoisotopic (exact) mass is 283 g/mol. The molecule has 0 N–H and O–H groups in total. The highest BCUT2D eigenvalue weighted by atomic mass is 16.5. The van der Waals surface area contributed by atoms with Gasteiger partial charge in [-0.15, -0.1) is 0 Å². The Labute approximate surface area is 126 Å². The second kappa shape index (κ2) is 6.55. The number of amides is 1. The Hall–Kier alpha value is -2.13. The van der Waals surface area contributed by atoms with E-state index in [4.69, 9.17) is 4.74 Å². The number of benzene rings is 2. The molecule has 0 spiro atoms. The molecule has 2 rings (SSSR count). The predicted molar refractivity (Wildman–Crippen MR) is 85.3 cm³/mol. The number of aryl methyl sites for hydroxylation is 1. The summed E-state index contributed by atoms with van der Waals surface area (Å²) in [5.74, 6) is 0.00122. The summed E-state index contributed by atoms with van der Waals surface area (Å²) in [5.41, 5.74) is 5.04. The molecule has 2 aromatic carbocycles. The maximum Gasteiger partial charge on any atom is 0.253 e. The molecular formula is C18H21NO2. The van der Waals surface area contributed by atoms with Gasteiger partial charge < -0.3 is 9.64 Å². The number of hydrogen-bond donors (Lipinski definition) is 0. The smallest absolute Gasteiger partial charge is 0.253 e. The first-order chi connectivity index (χ1) is 10.0. The molecule has 0 saturated carbocycles. The van der Waals surface area contributed by atoms with Crippen molar-refractivity contribution in [2.45, 2.75) is 13.5 Å². The van der Waals surface area contributed by atoms with Gasteiger partial charge in [-0.3, -0.25) is 4.79 Å². The van der Waals surface area contributed by atoms with Gasteiger partial charge in [-0.25, -0.2) is 0 Å². The zero-order chi connectivity index (χ0) is 15.4. The van der Waals surface area contributed by atoms with Gasteiger partial charge in [-0.2, -0.15) is 0 Å². The van der Waals surface area contributed by atoms with Crippen LogP contribution >= 0.6 is 0 Å². The third kappa shape index (κ3) is 3.70. The van der Waals surface area contributed by atoms with Gasteiger partial charge in [0.1, 0.15) is 0 Å². The zero-order valence-electron chi connectivity index (χ0n) is 13.0. The van der Waals surface area contributed by atoms with Gasteiger partial charge in [0.15, 0.2) is 0 Å². The van der Waals surface area contributed by atoms with E-state index in [2.05, 4.69) is 37.3 Å². The van der Waals surface area contributed by atoms with E-state index in [1.54, 1.807) is 26.1 Å². The van der Waals surface area contributed by atoms with Crippen LogP contribution in [0.5, 0.6) is 0 Å². The molecule has 0 unspecified atom stereocenters. The molecule has 3 nitrogen and oxygen atoms in total. The molecule has 0 aliphatic carbocycles. The van der Waals surface area contributed by atoms with Crippen LogP contribution in [0.2, 0.25) is 0 Å². The molecule has 0 aromatic heterocycles. The molecule has 0 bridgehead atoms. The molecule has 3 heteroatoms. The van der Waals surface area contributed by atoms with Crippen LogP contribution in [0, 0.1) is 6.92 Å².